The minimum Gasteiger partial charge on any atom is -0.368 e. The summed E-state index contributed by atoms with van der Waals surface area (Å²) in [6, 6.07) is 8.66. The summed E-state index contributed by atoms with van der Waals surface area (Å²) in [6.45, 7) is 8.00. The summed E-state index contributed by atoms with van der Waals surface area (Å²) in [5, 5.41) is 3.26. The first-order chi connectivity index (χ1) is 8.83. The van der Waals surface area contributed by atoms with Gasteiger partial charge in [-0.1, -0.05) is 29.8 Å². The Morgan fingerprint density at radius 3 is 2.68 bits per heavy atom. The largest absolute Gasteiger partial charge is 0.368 e. The van der Waals surface area contributed by atoms with Gasteiger partial charge in [0.15, 0.2) is 0 Å². The zero-order chi connectivity index (χ0) is 14.5. The highest BCUT2D eigenvalue weighted by Gasteiger charge is 2.31. The summed E-state index contributed by atoms with van der Waals surface area (Å²) in [5.41, 5.74) is 7.40. The van der Waals surface area contributed by atoms with Crippen LogP contribution in [0.3, 0.4) is 0 Å². The van der Waals surface area contributed by atoms with E-state index in [1.807, 2.05) is 20.8 Å². The van der Waals surface area contributed by atoms with Crippen LogP contribution in [0.15, 0.2) is 24.3 Å². The van der Waals surface area contributed by atoms with Crippen molar-refractivity contribution in [1.82, 2.24) is 5.32 Å². The van der Waals surface area contributed by atoms with E-state index in [0.29, 0.717) is 5.75 Å². The number of benzene rings is 1. The van der Waals surface area contributed by atoms with Crippen molar-refractivity contribution in [3.05, 3.63) is 35.4 Å². The van der Waals surface area contributed by atoms with Gasteiger partial charge in [0, 0.05) is 17.5 Å². The van der Waals surface area contributed by atoms with Crippen LogP contribution in [-0.4, -0.2) is 23.2 Å². The molecule has 4 heteroatoms. The molecule has 3 nitrogen and oxygen atoms in total. The maximum absolute atomic E-state index is 11.6. The maximum atomic E-state index is 11.6. The first kappa shape index (κ1) is 16.1. The lowest BCUT2D eigenvalue weighted by Gasteiger charge is -2.29. The van der Waals surface area contributed by atoms with Crippen molar-refractivity contribution in [1.29, 1.82) is 0 Å². The average molecular weight is 280 g/mol. The Morgan fingerprint density at radius 1 is 1.47 bits per heavy atom. The lowest BCUT2D eigenvalue weighted by Crippen LogP contribution is -2.57. The summed E-state index contributed by atoms with van der Waals surface area (Å²) >= 11 is 1.73. The van der Waals surface area contributed by atoms with E-state index < -0.39 is 5.54 Å². The quantitative estimate of drug-likeness (QED) is 0.806. The van der Waals surface area contributed by atoms with Gasteiger partial charge in [0.05, 0.1) is 0 Å². The Hall–Kier alpha value is -1.00. The molecule has 0 radical (unpaired) electrons. The number of hydrogen-bond donors (Lipinski definition) is 2. The second-order valence-corrected chi connectivity index (χ2v) is 6.46. The van der Waals surface area contributed by atoms with Crippen molar-refractivity contribution < 1.29 is 4.79 Å². The summed E-state index contributed by atoms with van der Waals surface area (Å²) in [7, 11) is 0. The number of aryl methyl sites for hydroxylation is 1. The van der Waals surface area contributed by atoms with E-state index in [4.69, 9.17) is 5.73 Å². The number of carbonyl (C=O) groups excluding carboxylic acids is 1. The van der Waals surface area contributed by atoms with Gasteiger partial charge < -0.3 is 11.1 Å². The Labute approximate surface area is 120 Å². The molecule has 0 bridgehead atoms. The first-order valence-corrected chi connectivity index (χ1v) is 7.70. The van der Waals surface area contributed by atoms with Gasteiger partial charge in [-0.15, -0.1) is 0 Å². The van der Waals surface area contributed by atoms with Crippen LogP contribution in [0.25, 0.3) is 0 Å². The molecule has 0 aliphatic carbocycles. The number of carbonyl (C=O) groups is 1. The monoisotopic (exact) mass is 280 g/mol. The number of amides is 1. The number of nitrogens with one attached hydrogen (secondary N) is 1. The Morgan fingerprint density at radius 2 is 2.16 bits per heavy atom. The first-order valence-electron chi connectivity index (χ1n) is 6.54. The third kappa shape index (κ3) is 5.25. The molecule has 1 atom stereocenters. The van der Waals surface area contributed by atoms with Gasteiger partial charge in [0.25, 0.3) is 0 Å². The van der Waals surface area contributed by atoms with Crippen molar-refractivity contribution in [3.63, 3.8) is 0 Å². The van der Waals surface area contributed by atoms with Crippen molar-refractivity contribution >= 4 is 17.7 Å². The normalized spacial score (nSPS) is 14.4. The minimum absolute atomic E-state index is 0.233. The highest BCUT2D eigenvalue weighted by molar-refractivity contribution is 7.98. The SMILES string of the molecule is Cc1cccc(CSCC(C)(NC(C)C)C(N)=O)c1. The molecule has 1 amide bonds. The molecule has 0 aromatic heterocycles. The fourth-order valence-electron chi connectivity index (χ4n) is 2.00. The van der Waals surface area contributed by atoms with Crippen LogP contribution in [0.5, 0.6) is 0 Å². The topological polar surface area (TPSA) is 55.1 Å². The zero-order valence-electron chi connectivity index (χ0n) is 12.2. The van der Waals surface area contributed by atoms with Gasteiger partial charge in [0.2, 0.25) is 5.91 Å². The summed E-state index contributed by atoms with van der Waals surface area (Å²) in [6.07, 6.45) is 0. The molecule has 0 spiro atoms. The van der Waals surface area contributed by atoms with Crippen molar-refractivity contribution in [2.75, 3.05) is 5.75 Å². The van der Waals surface area contributed by atoms with Gasteiger partial charge in [-0.2, -0.15) is 11.8 Å². The third-order valence-corrected chi connectivity index (χ3v) is 4.21. The lowest BCUT2D eigenvalue weighted by atomic mass is 10.0. The van der Waals surface area contributed by atoms with Gasteiger partial charge >= 0.3 is 0 Å². The van der Waals surface area contributed by atoms with E-state index in [9.17, 15) is 4.79 Å². The van der Waals surface area contributed by atoms with Gasteiger partial charge in [-0.05, 0) is 33.3 Å². The average Bonchev–Trinajstić information content (AvgIpc) is 2.27. The van der Waals surface area contributed by atoms with Gasteiger partial charge in [0.1, 0.15) is 5.54 Å². The Balaban J connectivity index is 2.56. The predicted molar refractivity (Wildman–Crippen MR) is 83.2 cm³/mol. The molecule has 0 aliphatic rings. The van der Waals surface area contributed by atoms with Crippen LogP contribution in [0.2, 0.25) is 0 Å². The van der Waals surface area contributed by atoms with Crippen LogP contribution >= 0.6 is 11.8 Å². The molecule has 1 aromatic rings. The number of hydrogen-bond acceptors (Lipinski definition) is 3. The summed E-state index contributed by atoms with van der Waals surface area (Å²) < 4.78 is 0. The van der Waals surface area contributed by atoms with Crippen LogP contribution in [0.1, 0.15) is 31.9 Å². The molecule has 0 saturated carbocycles. The number of primary amides is 1. The number of rotatable bonds is 7. The molecule has 106 valence electrons. The summed E-state index contributed by atoms with van der Waals surface area (Å²) in [4.78, 5) is 11.6. The molecule has 0 fully saturated rings. The Kier molecular flexibility index (Phi) is 5.88. The third-order valence-electron chi connectivity index (χ3n) is 2.89. The zero-order valence-corrected chi connectivity index (χ0v) is 13.0. The molecule has 3 N–H and O–H groups in total. The molecule has 1 unspecified atom stereocenters. The molecule has 0 aliphatic heterocycles. The minimum atomic E-state index is -0.650. The molecule has 0 heterocycles. The van der Waals surface area contributed by atoms with E-state index >= 15 is 0 Å². The van der Waals surface area contributed by atoms with Crippen LogP contribution in [0.4, 0.5) is 0 Å². The molecular formula is C15H24N2OS. The van der Waals surface area contributed by atoms with E-state index in [0.717, 1.165) is 5.75 Å². The molecular weight excluding hydrogens is 256 g/mol. The van der Waals surface area contributed by atoms with Crippen molar-refractivity contribution in [2.45, 2.75) is 45.0 Å². The molecule has 19 heavy (non-hydrogen) atoms. The van der Waals surface area contributed by atoms with Crippen LogP contribution in [0, 0.1) is 6.92 Å². The summed E-state index contributed by atoms with van der Waals surface area (Å²) in [5.74, 6) is 1.27. The molecule has 1 rings (SSSR count). The van der Waals surface area contributed by atoms with Gasteiger partial charge in [-0.3, -0.25) is 4.79 Å². The van der Waals surface area contributed by atoms with E-state index in [-0.39, 0.29) is 11.9 Å². The highest BCUT2D eigenvalue weighted by atomic mass is 32.2. The smallest absolute Gasteiger partial charge is 0.238 e. The van der Waals surface area contributed by atoms with Gasteiger partial charge in [-0.25, -0.2) is 0 Å². The molecule has 0 saturated heterocycles. The number of thioether (sulfide) groups is 1. The van der Waals surface area contributed by atoms with E-state index in [1.165, 1.54) is 11.1 Å². The van der Waals surface area contributed by atoms with Crippen molar-refractivity contribution in [2.24, 2.45) is 5.73 Å². The van der Waals surface area contributed by atoms with E-state index in [1.54, 1.807) is 11.8 Å². The molecule has 1 aromatic carbocycles. The number of nitrogens with two attached hydrogens (primary N) is 1. The fraction of sp³-hybridized carbons (Fsp3) is 0.533. The highest BCUT2D eigenvalue weighted by Crippen LogP contribution is 2.19. The van der Waals surface area contributed by atoms with Crippen molar-refractivity contribution in [3.8, 4) is 0 Å². The van der Waals surface area contributed by atoms with Crippen LogP contribution in [-0.2, 0) is 10.5 Å². The lowest BCUT2D eigenvalue weighted by molar-refractivity contribution is -0.123. The fourth-order valence-corrected chi connectivity index (χ4v) is 3.15. The van der Waals surface area contributed by atoms with E-state index in [2.05, 4.69) is 36.5 Å². The Bertz CT molecular complexity index is 434. The second kappa shape index (κ2) is 6.96. The standard InChI is InChI=1S/C15H24N2OS/c1-11(2)17-15(4,14(16)18)10-19-9-13-7-5-6-12(3)8-13/h5-8,11,17H,9-10H2,1-4H3,(H2,16,18). The maximum Gasteiger partial charge on any atom is 0.238 e. The predicted octanol–water partition coefficient (Wildman–Crippen LogP) is 2.47. The second-order valence-electron chi connectivity index (χ2n) is 5.48. The van der Waals surface area contributed by atoms with Crippen LogP contribution < -0.4 is 11.1 Å².